The predicted molar refractivity (Wildman–Crippen MR) is 141 cm³/mol. The van der Waals surface area contributed by atoms with Gasteiger partial charge < -0.3 is 20.4 Å². The van der Waals surface area contributed by atoms with Crippen LogP contribution >= 0.6 is 0 Å². The van der Waals surface area contributed by atoms with Crippen molar-refractivity contribution >= 4 is 5.69 Å². The number of rotatable bonds is 6. The summed E-state index contributed by atoms with van der Waals surface area (Å²) in [6, 6.07) is 26.1. The van der Waals surface area contributed by atoms with Crippen LogP contribution < -0.4 is 21.8 Å². The van der Waals surface area contributed by atoms with Crippen LogP contribution in [-0.4, -0.2) is 39.9 Å². The first-order valence-corrected chi connectivity index (χ1v) is 12.2. The molecule has 3 N–H and O–H groups in total. The van der Waals surface area contributed by atoms with Crippen molar-refractivity contribution < 1.29 is 19.1 Å². The van der Waals surface area contributed by atoms with E-state index >= 15 is 4.39 Å². The summed E-state index contributed by atoms with van der Waals surface area (Å²) in [6.45, 7) is 1.54. The van der Waals surface area contributed by atoms with Crippen LogP contribution in [0.25, 0.3) is 0 Å². The molecule has 0 saturated carbocycles. The third-order valence-corrected chi connectivity index (χ3v) is 7.28. The summed E-state index contributed by atoms with van der Waals surface area (Å²) >= 11 is 0. The second-order valence-electron chi connectivity index (χ2n) is 9.30. The normalized spacial score (nSPS) is 23.3. The van der Waals surface area contributed by atoms with Crippen molar-refractivity contribution in [2.45, 2.75) is 36.4 Å². The van der Waals surface area contributed by atoms with Crippen LogP contribution in [0.1, 0.15) is 23.6 Å². The summed E-state index contributed by atoms with van der Waals surface area (Å²) < 4.78 is 25.1. The molecule has 4 atom stereocenters. The van der Waals surface area contributed by atoms with Crippen LogP contribution in [0.15, 0.2) is 107 Å². The highest BCUT2D eigenvalue weighted by molar-refractivity contribution is 5.57. The fraction of sp³-hybridized carbons (Fsp3) is 0.241. The first kappa shape index (κ1) is 25.4. The number of halogens is 1. The first-order valence-electron chi connectivity index (χ1n) is 12.2. The number of nitrogens with two attached hydrogens (primary N) is 1. The number of aliphatic hydroxyl groups is 1. The minimum atomic E-state index is -2.23. The molecule has 0 amide bonds. The van der Waals surface area contributed by atoms with Crippen molar-refractivity contribution in [1.29, 1.82) is 0 Å². The summed E-state index contributed by atoms with van der Waals surface area (Å²) in [7, 11) is 1.17. The maximum Gasteiger partial charge on any atom is 0.367 e. The van der Waals surface area contributed by atoms with Gasteiger partial charge in [0.2, 0.25) is 5.72 Å². The molecule has 1 aliphatic rings. The number of aliphatic hydroxyl groups excluding tert-OH is 1. The molecule has 8 nitrogen and oxygen atoms in total. The zero-order chi connectivity index (χ0) is 27.1. The lowest BCUT2D eigenvalue weighted by Gasteiger charge is -2.50. The average molecular weight is 518 g/mol. The summed E-state index contributed by atoms with van der Waals surface area (Å²) in [5, 5.41) is 11.1. The van der Waals surface area contributed by atoms with Crippen LogP contribution in [0.5, 0.6) is 0 Å². The minimum Gasteiger partial charge on any atom is -0.409 e. The molecule has 0 bridgehead atoms. The summed E-state index contributed by atoms with van der Waals surface area (Å²) in [6.07, 6.45) is -3.57. The number of benzene rings is 3. The molecule has 0 radical (unpaired) electrons. The zero-order valence-electron chi connectivity index (χ0n) is 20.9. The van der Waals surface area contributed by atoms with Gasteiger partial charge in [-0.3, -0.25) is 9.36 Å². The lowest BCUT2D eigenvalue weighted by molar-refractivity contribution is -0.158. The van der Waals surface area contributed by atoms with Gasteiger partial charge in [-0.05, 0) is 35.7 Å². The maximum atomic E-state index is 17.0. The molecule has 4 aromatic rings. The van der Waals surface area contributed by atoms with Crippen molar-refractivity contribution in [3.05, 3.63) is 135 Å². The van der Waals surface area contributed by atoms with Crippen molar-refractivity contribution in [1.82, 2.24) is 9.30 Å². The highest BCUT2D eigenvalue weighted by Crippen LogP contribution is 2.57. The second-order valence-corrected chi connectivity index (χ2v) is 9.30. The van der Waals surface area contributed by atoms with Gasteiger partial charge in [-0.2, -0.15) is 0 Å². The second kappa shape index (κ2) is 9.59. The van der Waals surface area contributed by atoms with Gasteiger partial charge in [0.05, 0.1) is 11.5 Å². The van der Waals surface area contributed by atoms with Gasteiger partial charge in [-0.25, -0.2) is 9.18 Å². The Morgan fingerprint density at radius 2 is 1.53 bits per heavy atom. The minimum absolute atomic E-state index is 0.407. The van der Waals surface area contributed by atoms with Crippen LogP contribution in [0, 0.1) is 0 Å². The van der Waals surface area contributed by atoms with Crippen LogP contribution in [0.2, 0.25) is 0 Å². The van der Waals surface area contributed by atoms with Crippen molar-refractivity contribution in [2.24, 2.45) is 0 Å². The average Bonchev–Trinajstić information content (AvgIpc) is 3.15. The quantitative estimate of drug-likeness (QED) is 0.301. The first-order chi connectivity index (χ1) is 18.3. The van der Waals surface area contributed by atoms with Gasteiger partial charge in [0, 0.05) is 18.0 Å². The van der Waals surface area contributed by atoms with Gasteiger partial charge in [0.1, 0.15) is 13.2 Å². The monoisotopic (exact) mass is 517 g/mol. The molecule has 2 heterocycles. The molecule has 1 aliphatic heterocycles. The Balaban J connectivity index is 2.06. The van der Waals surface area contributed by atoms with E-state index < -0.39 is 40.8 Å². The molecular formula is C29H28FN3O5. The van der Waals surface area contributed by atoms with Crippen LogP contribution in [-0.2, 0) is 15.9 Å². The van der Waals surface area contributed by atoms with E-state index in [1.807, 2.05) is 12.1 Å². The van der Waals surface area contributed by atoms with Crippen LogP contribution in [0.3, 0.4) is 0 Å². The number of alkyl halides is 1. The molecule has 1 saturated heterocycles. The van der Waals surface area contributed by atoms with Gasteiger partial charge in [0.15, 0.2) is 6.17 Å². The summed E-state index contributed by atoms with van der Waals surface area (Å²) in [5.74, 6) is 0. The number of aromatic nitrogens is 2. The SMILES string of the molecule is COn1c(=O)ccn([C@]2(C(c3ccccc3)(c3ccccc3)c3cccc(N)c3)O[C@H](C)[C@@H](O)[C@H]2F)c1=O. The molecule has 3 aromatic carbocycles. The predicted octanol–water partition coefficient (Wildman–Crippen LogP) is 2.46. The topological polar surface area (TPSA) is 109 Å². The molecular weight excluding hydrogens is 489 g/mol. The highest BCUT2D eigenvalue weighted by Gasteiger charge is 2.69. The van der Waals surface area contributed by atoms with E-state index in [2.05, 4.69) is 0 Å². The van der Waals surface area contributed by atoms with Gasteiger partial charge >= 0.3 is 5.69 Å². The van der Waals surface area contributed by atoms with Gasteiger partial charge in [-0.15, -0.1) is 0 Å². The van der Waals surface area contributed by atoms with Crippen molar-refractivity contribution in [2.75, 3.05) is 12.8 Å². The Morgan fingerprint density at radius 1 is 0.947 bits per heavy atom. The smallest absolute Gasteiger partial charge is 0.367 e. The Hall–Kier alpha value is -4.21. The molecule has 5 rings (SSSR count). The molecule has 0 spiro atoms. The molecule has 38 heavy (non-hydrogen) atoms. The number of hydrogen-bond donors (Lipinski definition) is 2. The number of hydrogen-bond acceptors (Lipinski definition) is 6. The van der Waals surface area contributed by atoms with Crippen LogP contribution in [0.4, 0.5) is 10.1 Å². The largest absolute Gasteiger partial charge is 0.409 e. The fourth-order valence-corrected chi connectivity index (χ4v) is 5.70. The molecule has 196 valence electrons. The highest BCUT2D eigenvalue weighted by atomic mass is 19.1. The van der Waals surface area contributed by atoms with E-state index in [9.17, 15) is 14.7 Å². The number of ether oxygens (including phenoxy) is 1. The van der Waals surface area contributed by atoms with Crippen molar-refractivity contribution in [3.8, 4) is 0 Å². The number of nitrogen functional groups attached to an aromatic ring is 1. The summed E-state index contributed by atoms with van der Waals surface area (Å²) in [5.41, 5.74) is 2.80. The Labute approximate surface area is 218 Å². The van der Waals surface area contributed by atoms with E-state index in [0.717, 1.165) is 10.6 Å². The third-order valence-electron chi connectivity index (χ3n) is 7.28. The molecule has 9 heteroatoms. The van der Waals surface area contributed by atoms with Crippen molar-refractivity contribution in [3.63, 3.8) is 0 Å². The molecule has 1 fully saturated rings. The molecule has 1 aromatic heterocycles. The van der Waals surface area contributed by atoms with Gasteiger partial charge in [0.25, 0.3) is 5.56 Å². The summed E-state index contributed by atoms with van der Waals surface area (Å²) in [4.78, 5) is 31.4. The zero-order valence-corrected chi connectivity index (χ0v) is 20.9. The Kier molecular flexibility index (Phi) is 6.42. The number of anilines is 1. The van der Waals surface area contributed by atoms with E-state index in [4.69, 9.17) is 15.3 Å². The molecule has 0 unspecified atom stereocenters. The van der Waals surface area contributed by atoms with Gasteiger partial charge in [-0.1, -0.05) is 77.5 Å². The molecule has 0 aliphatic carbocycles. The standard InChI is InChI=1S/C29H28FN3O5/c1-19-25(35)26(30)29(38-19,32-17-16-24(34)33(37-2)27(32)36)28(20-10-5-3-6-11-20,21-12-7-4-8-13-21)22-14-9-15-23(31)18-22/h3-19,25-26,35H,31H2,1-2H3/t19-,25-,26-,29+/m1/s1. The van der Waals surface area contributed by atoms with E-state index in [1.54, 1.807) is 72.8 Å². The third kappa shape index (κ3) is 3.50. The van der Waals surface area contributed by atoms with E-state index in [-0.39, 0.29) is 0 Å². The Bertz CT molecular complexity index is 1520. The lowest BCUT2D eigenvalue weighted by atomic mass is 9.61. The van der Waals surface area contributed by atoms with E-state index in [0.29, 0.717) is 27.1 Å². The number of nitrogens with zero attached hydrogens (tertiary/aromatic N) is 2. The fourth-order valence-electron chi connectivity index (χ4n) is 5.70. The van der Waals surface area contributed by atoms with E-state index in [1.165, 1.54) is 20.2 Å². The lowest BCUT2D eigenvalue weighted by Crippen LogP contribution is -2.64. The maximum absolute atomic E-state index is 17.0. The Morgan fingerprint density at radius 3 is 2.03 bits per heavy atom.